The Kier molecular flexibility index (Phi) is 21.0. The average Bonchev–Trinajstić information content (AvgIpc) is 3.19. The van der Waals surface area contributed by atoms with E-state index in [1.54, 1.807) is 34.5 Å². The molecule has 0 spiro atoms. The third kappa shape index (κ3) is 16.0. The molecule has 2 aromatic rings. The quantitative estimate of drug-likeness (QED) is 0.107. The van der Waals surface area contributed by atoms with Crippen molar-refractivity contribution < 1.29 is 55.8 Å². The molecule has 3 unspecified atom stereocenters. The zero-order chi connectivity index (χ0) is 39.3. The normalized spacial score (nSPS) is 16.9. The molecule has 2 aliphatic heterocycles. The summed E-state index contributed by atoms with van der Waals surface area (Å²) in [6.07, 6.45) is -4.10. The van der Waals surface area contributed by atoms with E-state index in [4.69, 9.17) is 42.6 Å². The van der Waals surface area contributed by atoms with Crippen LogP contribution in [0.1, 0.15) is 12.0 Å². The summed E-state index contributed by atoms with van der Waals surface area (Å²) in [7, 11) is 6.60. The second-order valence-electron chi connectivity index (χ2n) is 13.3. The summed E-state index contributed by atoms with van der Waals surface area (Å²) in [5.41, 5.74) is 0.955. The van der Waals surface area contributed by atoms with Gasteiger partial charge < -0.3 is 52.4 Å². The van der Waals surface area contributed by atoms with Gasteiger partial charge in [0, 0.05) is 77.5 Å². The van der Waals surface area contributed by atoms with Crippen LogP contribution < -0.4 is 4.90 Å². The number of anilines is 2. The molecule has 12 nitrogen and oxygen atoms in total. The second kappa shape index (κ2) is 25.3. The average molecular weight is 804 g/mol. The van der Waals surface area contributed by atoms with Gasteiger partial charge in [-0.15, -0.1) is 0 Å². The van der Waals surface area contributed by atoms with Gasteiger partial charge in [0.25, 0.3) is 0 Å². The maximum Gasteiger partial charge on any atom is 0.416 e. The third-order valence-electron chi connectivity index (χ3n) is 9.43. The van der Waals surface area contributed by atoms with Crippen molar-refractivity contribution in [3.05, 3.63) is 48.0 Å². The van der Waals surface area contributed by atoms with Crippen LogP contribution in [0, 0.1) is 0 Å². The number of piperazine rings is 1. The van der Waals surface area contributed by atoms with Gasteiger partial charge in [0.2, 0.25) is 0 Å². The van der Waals surface area contributed by atoms with Gasteiger partial charge in [-0.2, -0.15) is 13.2 Å². The molecule has 1 saturated heterocycles. The first-order valence-corrected chi connectivity index (χ1v) is 19.7. The van der Waals surface area contributed by atoms with Crippen molar-refractivity contribution >= 4 is 23.1 Å². The number of benzene rings is 2. The van der Waals surface area contributed by atoms with Crippen LogP contribution in [-0.4, -0.2) is 175 Å². The van der Waals surface area contributed by atoms with E-state index in [1.807, 2.05) is 29.2 Å². The van der Waals surface area contributed by atoms with E-state index in [9.17, 15) is 13.2 Å². The summed E-state index contributed by atoms with van der Waals surface area (Å²) in [6.45, 7) is 10.8. The molecule has 16 heteroatoms. The van der Waals surface area contributed by atoms with Crippen LogP contribution >= 0.6 is 11.8 Å². The number of fused-ring (bicyclic) bond motifs is 2. The molecule has 0 aliphatic carbocycles. The van der Waals surface area contributed by atoms with Crippen LogP contribution in [0.25, 0.3) is 0 Å². The lowest BCUT2D eigenvalue weighted by Crippen LogP contribution is -2.49. The van der Waals surface area contributed by atoms with Gasteiger partial charge in [-0.1, -0.05) is 23.9 Å². The van der Waals surface area contributed by atoms with E-state index in [2.05, 4.69) is 9.80 Å². The number of hydrogen-bond donors (Lipinski definition) is 0. The predicted octanol–water partition coefficient (Wildman–Crippen LogP) is 5.09. The fourth-order valence-electron chi connectivity index (χ4n) is 6.20. The molecule has 2 aromatic carbocycles. The first-order valence-electron chi connectivity index (χ1n) is 18.9. The third-order valence-corrected chi connectivity index (χ3v) is 10.6. The van der Waals surface area contributed by atoms with Gasteiger partial charge in [0.1, 0.15) is 12.2 Å². The Balaban J connectivity index is 1.08. The summed E-state index contributed by atoms with van der Waals surface area (Å²) in [4.78, 5) is 8.75. The number of methoxy groups -OCH3 is 4. The Bertz CT molecular complexity index is 1340. The van der Waals surface area contributed by atoms with Gasteiger partial charge in [0.05, 0.1) is 95.7 Å². The van der Waals surface area contributed by atoms with Crippen LogP contribution in [0.4, 0.5) is 24.5 Å². The van der Waals surface area contributed by atoms with Crippen molar-refractivity contribution in [2.24, 2.45) is 0 Å². The lowest BCUT2D eigenvalue weighted by Gasteiger charge is -2.37. The lowest BCUT2D eigenvalue weighted by molar-refractivity contribution is -0.137. The van der Waals surface area contributed by atoms with Gasteiger partial charge in [-0.3, -0.25) is 4.90 Å². The summed E-state index contributed by atoms with van der Waals surface area (Å²) >= 11 is 1.52. The van der Waals surface area contributed by atoms with Gasteiger partial charge in [0.15, 0.2) is 0 Å². The summed E-state index contributed by atoms with van der Waals surface area (Å²) in [5, 5.41) is 0. The van der Waals surface area contributed by atoms with Crippen molar-refractivity contribution in [3.63, 3.8) is 0 Å². The number of alkyl halides is 3. The molecule has 2 heterocycles. The number of ether oxygens (including phenoxy) is 9. The molecule has 55 heavy (non-hydrogen) atoms. The maximum atomic E-state index is 13.6. The molecule has 2 aliphatic rings. The van der Waals surface area contributed by atoms with Crippen LogP contribution in [-0.2, 0) is 48.8 Å². The number of nitrogens with zero attached hydrogens (tertiary/aromatic N) is 3. The molecular weight excluding hydrogens is 744 g/mol. The van der Waals surface area contributed by atoms with Crippen molar-refractivity contribution in [1.29, 1.82) is 0 Å². The largest absolute Gasteiger partial charge is 0.416 e. The van der Waals surface area contributed by atoms with Crippen molar-refractivity contribution in [1.82, 2.24) is 9.80 Å². The number of hydrogen-bond acceptors (Lipinski definition) is 13. The van der Waals surface area contributed by atoms with Gasteiger partial charge >= 0.3 is 6.18 Å². The van der Waals surface area contributed by atoms with Gasteiger partial charge in [-0.05, 0) is 43.3 Å². The molecule has 4 rings (SSSR count). The first-order chi connectivity index (χ1) is 26.7. The van der Waals surface area contributed by atoms with E-state index < -0.39 is 11.7 Å². The summed E-state index contributed by atoms with van der Waals surface area (Å²) in [5.74, 6) is 0. The Morgan fingerprint density at radius 3 is 1.76 bits per heavy atom. The number of halogens is 3. The Morgan fingerprint density at radius 1 is 0.600 bits per heavy atom. The summed E-state index contributed by atoms with van der Waals surface area (Å²) in [6, 6.07) is 12.0. The molecule has 312 valence electrons. The lowest BCUT2D eigenvalue weighted by atomic mass is 10.1. The highest BCUT2D eigenvalue weighted by molar-refractivity contribution is 7.99. The zero-order valence-electron chi connectivity index (χ0n) is 32.8. The molecule has 0 amide bonds. The Morgan fingerprint density at radius 2 is 1.15 bits per heavy atom. The van der Waals surface area contributed by atoms with Crippen LogP contribution in [0.5, 0.6) is 0 Å². The van der Waals surface area contributed by atoms with E-state index in [-0.39, 0.29) is 18.3 Å². The van der Waals surface area contributed by atoms with Crippen molar-refractivity contribution in [2.75, 3.05) is 152 Å². The van der Waals surface area contributed by atoms with Gasteiger partial charge in [-0.25, -0.2) is 0 Å². The van der Waals surface area contributed by atoms with Crippen molar-refractivity contribution in [3.8, 4) is 0 Å². The smallest absolute Gasteiger partial charge is 0.382 e. The standard InChI is InChI=1S/C39H60F3N3O9S/c1-46-18-19-50-20-21-51-22-23-52-27-33(48-3)28-54-30-34(49-4)29-53-26-32(47-2)25-44-16-14-43(15-17-44)12-7-13-45-35-8-5-6-9-37(35)55-38-11-10-31(24-36(38)45)39(40,41)42/h5-6,8-11,24,32-34H,7,12-23,25-30H2,1-4H3. The van der Waals surface area contributed by atoms with E-state index in [0.29, 0.717) is 84.9 Å². The van der Waals surface area contributed by atoms with Crippen LogP contribution in [0.3, 0.4) is 0 Å². The second-order valence-corrected chi connectivity index (χ2v) is 14.4. The minimum Gasteiger partial charge on any atom is -0.382 e. The van der Waals surface area contributed by atoms with Crippen LogP contribution in [0.15, 0.2) is 52.3 Å². The highest BCUT2D eigenvalue weighted by Gasteiger charge is 2.33. The van der Waals surface area contributed by atoms with Crippen LogP contribution in [0.2, 0.25) is 0 Å². The molecule has 0 bridgehead atoms. The fourth-order valence-corrected chi connectivity index (χ4v) is 7.28. The van der Waals surface area contributed by atoms with E-state index >= 15 is 0 Å². The molecule has 1 fully saturated rings. The highest BCUT2D eigenvalue weighted by atomic mass is 32.2. The number of para-hydroxylation sites is 1. The summed E-state index contributed by atoms with van der Waals surface area (Å²) < 4.78 is 90.9. The molecule has 3 atom stereocenters. The zero-order valence-corrected chi connectivity index (χ0v) is 33.6. The molecule has 0 N–H and O–H groups in total. The monoisotopic (exact) mass is 803 g/mol. The first kappa shape index (κ1) is 45.6. The minimum atomic E-state index is -4.39. The van der Waals surface area contributed by atoms with Crippen molar-refractivity contribution in [2.45, 2.75) is 40.7 Å². The topological polar surface area (TPSA) is 92.8 Å². The maximum absolute atomic E-state index is 13.6. The molecule has 0 saturated carbocycles. The molecule has 0 radical (unpaired) electrons. The fraction of sp³-hybridized carbons (Fsp3) is 0.692. The molecular formula is C39H60F3N3O9S. The Labute approximate surface area is 328 Å². The highest BCUT2D eigenvalue weighted by Crippen LogP contribution is 2.49. The SMILES string of the molecule is COCCOCCOCCOCC(COCC(COCC(CN1CCN(CCCN2c3ccccc3Sc3ccc(C(F)(F)F)cc32)CC1)OC)OC)OC. The van der Waals surface area contributed by atoms with E-state index in [1.165, 1.54) is 23.9 Å². The molecule has 0 aromatic heterocycles. The Hall–Kier alpha value is -2.06. The number of rotatable bonds is 28. The minimum absolute atomic E-state index is 0.0918. The van der Waals surface area contributed by atoms with E-state index in [0.717, 1.165) is 61.2 Å². The predicted molar refractivity (Wildman–Crippen MR) is 205 cm³/mol.